The van der Waals surface area contributed by atoms with Gasteiger partial charge in [0, 0.05) is 17.5 Å². The summed E-state index contributed by atoms with van der Waals surface area (Å²) in [6, 6.07) is 5.76. The van der Waals surface area contributed by atoms with Crippen molar-refractivity contribution in [2.24, 2.45) is 7.05 Å². The molecule has 136 valence electrons. The van der Waals surface area contributed by atoms with E-state index in [4.69, 9.17) is 0 Å². The molecule has 1 aromatic carbocycles. The molecule has 2 heterocycles. The maximum Gasteiger partial charge on any atom is 0.262 e. The fourth-order valence-corrected chi connectivity index (χ4v) is 4.82. The van der Waals surface area contributed by atoms with E-state index in [9.17, 15) is 9.59 Å². The number of fused-ring (bicyclic) bond motifs is 1. The van der Waals surface area contributed by atoms with Gasteiger partial charge in [-0.15, -0.1) is 11.3 Å². The van der Waals surface area contributed by atoms with Gasteiger partial charge >= 0.3 is 0 Å². The molecule has 0 bridgehead atoms. The molecular formula is C20H22N2O2S2. The minimum atomic E-state index is -0.324. The maximum absolute atomic E-state index is 12.8. The molecule has 4 nitrogen and oxygen atoms in total. The second kappa shape index (κ2) is 7.00. The van der Waals surface area contributed by atoms with Crippen molar-refractivity contribution >= 4 is 39.1 Å². The Hall–Kier alpha value is -1.92. The molecule has 0 amide bonds. The summed E-state index contributed by atoms with van der Waals surface area (Å²) in [6.07, 6.45) is 0. The highest BCUT2D eigenvalue weighted by molar-refractivity contribution is 8.00. The number of thiophene rings is 1. The number of thioether (sulfide) groups is 1. The molecular weight excluding hydrogens is 364 g/mol. The van der Waals surface area contributed by atoms with Crippen LogP contribution in [0.15, 0.2) is 28.2 Å². The molecule has 0 aliphatic carbocycles. The van der Waals surface area contributed by atoms with E-state index >= 15 is 0 Å². The molecule has 0 aliphatic heterocycles. The molecule has 6 heteroatoms. The summed E-state index contributed by atoms with van der Waals surface area (Å²) < 4.78 is 1.55. The topological polar surface area (TPSA) is 52.0 Å². The van der Waals surface area contributed by atoms with E-state index < -0.39 is 0 Å². The number of carbonyl (C=O) groups is 1. The van der Waals surface area contributed by atoms with Crippen LogP contribution in [0.5, 0.6) is 0 Å². The molecule has 0 radical (unpaired) electrons. The van der Waals surface area contributed by atoms with Crippen molar-refractivity contribution in [2.45, 2.75) is 45.0 Å². The Morgan fingerprint density at radius 1 is 1.19 bits per heavy atom. The van der Waals surface area contributed by atoms with Crippen molar-refractivity contribution in [3.63, 3.8) is 0 Å². The van der Waals surface area contributed by atoms with Gasteiger partial charge in [-0.1, -0.05) is 23.9 Å². The van der Waals surface area contributed by atoms with Crippen LogP contribution in [0.2, 0.25) is 0 Å². The van der Waals surface area contributed by atoms with Crippen LogP contribution in [0.1, 0.15) is 38.8 Å². The normalized spacial score (nSPS) is 12.5. The van der Waals surface area contributed by atoms with Crippen LogP contribution in [-0.2, 0) is 7.05 Å². The Morgan fingerprint density at radius 3 is 2.54 bits per heavy atom. The third kappa shape index (κ3) is 3.23. The molecule has 1 unspecified atom stereocenters. The molecule has 3 rings (SSSR count). The summed E-state index contributed by atoms with van der Waals surface area (Å²) in [5, 5.41) is 0.940. The van der Waals surface area contributed by atoms with Crippen LogP contribution in [0, 0.1) is 27.7 Å². The lowest BCUT2D eigenvalue weighted by Gasteiger charge is -2.13. The van der Waals surface area contributed by atoms with Crippen molar-refractivity contribution in [3.8, 4) is 0 Å². The Kier molecular flexibility index (Phi) is 5.08. The molecule has 0 N–H and O–H groups in total. The minimum absolute atomic E-state index is 0.0472. The van der Waals surface area contributed by atoms with Gasteiger partial charge in [-0.3, -0.25) is 14.2 Å². The van der Waals surface area contributed by atoms with Crippen molar-refractivity contribution < 1.29 is 4.79 Å². The van der Waals surface area contributed by atoms with E-state index in [2.05, 4.69) is 4.98 Å². The molecule has 0 saturated carbocycles. The largest absolute Gasteiger partial charge is 0.293 e. The van der Waals surface area contributed by atoms with E-state index in [1.54, 1.807) is 11.6 Å². The lowest BCUT2D eigenvalue weighted by Crippen LogP contribution is -2.22. The number of Topliss-reactive ketones (excluding diaryl/α,β-unsaturated/α-hetero) is 1. The SMILES string of the molecule is Cc1ccc(C(=O)C(C)Sc2nc3sc(C)c(C)c3c(=O)n2C)cc1C. The summed E-state index contributed by atoms with van der Waals surface area (Å²) in [5.41, 5.74) is 3.91. The van der Waals surface area contributed by atoms with Gasteiger partial charge in [0.2, 0.25) is 0 Å². The number of aryl methyl sites for hydroxylation is 4. The Balaban J connectivity index is 1.95. The van der Waals surface area contributed by atoms with Crippen LogP contribution in [-0.4, -0.2) is 20.6 Å². The molecule has 3 aromatic rings. The minimum Gasteiger partial charge on any atom is -0.293 e. The predicted octanol–water partition coefficient (Wildman–Crippen LogP) is 4.59. The van der Waals surface area contributed by atoms with Gasteiger partial charge in [-0.05, 0) is 57.4 Å². The average molecular weight is 387 g/mol. The van der Waals surface area contributed by atoms with Crippen LogP contribution in [0.3, 0.4) is 0 Å². The average Bonchev–Trinajstić information content (AvgIpc) is 2.88. The Morgan fingerprint density at radius 2 is 1.88 bits per heavy atom. The first-order chi connectivity index (χ1) is 12.2. The van der Waals surface area contributed by atoms with Gasteiger partial charge in [-0.25, -0.2) is 4.98 Å². The zero-order valence-electron chi connectivity index (χ0n) is 15.8. The second-order valence-corrected chi connectivity index (χ2v) is 9.16. The number of ketones is 1. The quantitative estimate of drug-likeness (QED) is 0.374. The molecule has 0 saturated heterocycles. The number of nitrogens with zero attached hydrogens (tertiary/aromatic N) is 2. The van der Waals surface area contributed by atoms with Crippen molar-refractivity contribution in [2.75, 3.05) is 0 Å². The summed E-state index contributed by atoms with van der Waals surface area (Å²) in [7, 11) is 1.72. The fraction of sp³-hybridized carbons (Fsp3) is 0.350. The molecule has 0 spiro atoms. The zero-order chi connectivity index (χ0) is 19.2. The molecule has 1 atom stereocenters. The maximum atomic E-state index is 12.8. The van der Waals surface area contributed by atoms with E-state index in [0.717, 1.165) is 20.8 Å². The van der Waals surface area contributed by atoms with Gasteiger partial charge in [0.25, 0.3) is 5.56 Å². The second-order valence-electron chi connectivity index (χ2n) is 6.65. The summed E-state index contributed by atoms with van der Waals surface area (Å²) in [6.45, 7) is 9.85. The van der Waals surface area contributed by atoms with E-state index in [1.165, 1.54) is 28.7 Å². The summed E-state index contributed by atoms with van der Waals surface area (Å²) in [5.74, 6) is 0.0472. The number of hydrogen-bond acceptors (Lipinski definition) is 5. The van der Waals surface area contributed by atoms with Crippen LogP contribution in [0.25, 0.3) is 10.2 Å². The van der Waals surface area contributed by atoms with Crippen LogP contribution in [0.4, 0.5) is 0 Å². The summed E-state index contributed by atoms with van der Waals surface area (Å²) in [4.78, 5) is 32.0. The number of carbonyl (C=O) groups excluding carboxylic acids is 1. The van der Waals surface area contributed by atoms with E-state index in [1.807, 2.05) is 52.8 Å². The number of hydrogen-bond donors (Lipinski definition) is 0. The van der Waals surface area contributed by atoms with Crippen LogP contribution >= 0.6 is 23.1 Å². The van der Waals surface area contributed by atoms with Crippen molar-refractivity contribution in [1.29, 1.82) is 0 Å². The lowest BCUT2D eigenvalue weighted by molar-refractivity contribution is 0.0993. The number of aromatic nitrogens is 2. The Labute approximate surface area is 161 Å². The summed E-state index contributed by atoms with van der Waals surface area (Å²) >= 11 is 2.86. The predicted molar refractivity (Wildman–Crippen MR) is 110 cm³/mol. The third-order valence-electron chi connectivity index (χ3n) is 4.81. The number of benzene rings is 1. The van der Waals surface area contributed by atoms with Gasteiger partial charge in [0.05, 0.1) is 10.6 Å². The van der Waals surface area contributed by atoms with Gasteiger partial charge in [-0.2, -0.15) is 0 Å². The monoisotopic (exact) mass is 386 g/mol. The van der Waals surface area contributed by atoms with Gasteiger partial charge in [0.15, 0.2) is 10.9 Å². The highest BCUT2D eigenvalue weighted by Crippen LogP contribution is 2.30. The standard InChI is InChI=1S/C20H22N2O2S2/c1-10-7-8-15(9-11(10)2)17(23)14(5)26-20-21-18-16(19(24)22(20)6)12(3)13(4)25-18/h7-9,14H,1-6H3. The van der Waals surface area contributed by atoms with E-state index in [-0.39, 0.29) is 16.6 Å². The smallest absolute Gasteiger partial charge is 0.262 e. The van der Waals surface area contributed by atoms with Crippen molar-refractivity contribution in [3.05, 3.63) is 55.7 Å². The molecule has 26 heavy (non-hydrogen) atoms. The molecule has 2 aromatic heterocycles. The first kappa shape index (κ1) is 18.9. The van der Waals surface area contributed by atoms with E-state index in [0.29, 0.717) is 16.1 Å². The fourth-order valence-electron chi connectivity index (χ4n) is 2.80. The van der Waals surface area contributed by atoms with Gasteiger partial charge < -0.3 is 0 Å². The van der Waals surface area contributed by atoms with Gasteiger partial charge in [0.1, 0.15) is 4.83 Å². The molecule has 0 fully saturated rings. The third-order valence-corrected chi connectivity index (χ3v) is 7.06. The molecule has 0 aliphatic rings. The zero-order valence-corrected chi connectivity index (χ0v) is 17.5. The van der Waals surface area contributed by atoms with Crippen LogP contribution < -0.4 is 5.56 Å². The van der Waals surface area contributed by atoms with Crippen molar-refractivity contribution in [1.82, 2.24) is 9.55 Å². The number of rotatable bonds is 4. The Bertz CT molecular complexity index is 1080. The first-order valence-corrected chi connectivity index (χ1v) is 10.1. The highest BCUT2D eigenvalue weighted by atomic mass is 32.2. The first-order valence-electron chi connectivity index (χ1n) is 8.45. The lowest BCUT2D eigenvalue weighted by atomic mass is 10.0. The highest BCUT2D eigenvalue weighted by Gasteiger charge is 2.21.